The molecule has 1 aromatic heterocycles. The lowest BCUT2D eigenvalue weighted by Crippen LogP contribution is -2.34. The summed E-state index contributed by atoms with van der Waals surface area (Å²) in [6, 6.07) is 27.8. The van der Waals surface area contributed by atoms with Crippen molar-refractivity contribution < 1.29 is 4.79 Å². The van der Waals surface area contributed by atoms with E-state index >= 15 is 0 Å². The normalized spacial score (nSPS) is 12.7. The molecule has 3 aromatic carbocycles. The minimum atomic E-state index is -0.600. The molecule has 192 valence electrons. The fourth-order valence-electron chi connectivity index (χ4n) is 4.55. The van der Waals surface area contributed by atoms with E-state index in [0.29, 0.717) is 22.1 Å². The first kappa shape index (κ1) is 26.4. The van der Waals surface area contributed by atoms with Gasteiger partial charge in [0.1, 0.15) is 28.5 Å². The van der Waals surface area contributed by atoms with Gasteiger partial charge < -0.3 is 5.73 Å². The number of benzene rings is 3. The molecule has 4 aromatic rings. The number of para-hydroxylation sites is 2. The fourth-order valence-corrected chi connectivity index (χ4v) is 6.56. The summed E-state index contributed by atoms with van der Waals surface area (Å²) in [4.78, 5) is 22.1. The Kier molecular flexibility index (Phi) is 7.34. The van der Waals surface area contributed by atoms with E-state index in [2.05, 4.69) is 31.0 Å². The molecular formula is C31H25N5OS2. The van der Waals surface area contributed by atoms with Gasteiger partial charge in [-0.05, 0) is 48.2 Å². The molecule has 0 saturated carbocycles. The number of nitrogens with two attached hydrogens (primary N) is 1. The van der Waals surface area contributed by atoms with Crippen LogP contribution in [0.1, 0.15) is 43.4 Å². The lowest BCUT2D eigenvalue weighted by atomic mass is 9.94. The third-order valence-electron chi connectivity index (χ3n) is 6.57. The zero-order valence-corrected chi connectivity index (χ0v) is 23.3. The summed E-state index contributed by atoms with van der Waals surface area (Å²) in [6.45, 7) is 6.01. The zero-order chi connectivity index (χ0) is 27.7. The summed E-state index contributed by atoms with van der Waals surface area (Å²) in [5.74, 6) is 0.233. The highest BCUT2D eigenvalue weighted by atomic mass is 32.2. The maximum absolute atomic E-state index is 14.0. The molecule has 2 heterocycles. The van der Waals surface area contributed by atoms with E-state index in [1.54, 1.807) is 23.6 Å². The van der Waals surface area contributed by atoms with Crippen LogP contribution in [0.15, 0.2) is 87.6 Å². The van der Waals surface area contributed by atoms with E-state index in [9.17, 15) is 15.3 Å². The van der Waals surface area contributed by atoms with Gasteiger partial charge in [0.25, 0.3) is 0 Å². The van der Waals surface area contributed by atoms with Crippen LogP contribution in [0, 0.1) is 22.7 Å². The second-order valence-corrected chi connectivity index (χ2v) is 11.8. The highest BCUT2D eigenvalue weighted by Crippen LogP contribution is 2.49. The van der Waals surface area contributed by atoms with Gasteiger partial charge in [-0.25, -0.2) is 4.98 Å². The van der Waals surface area contributed by atoms with E-state index in [1.165, 1.54) is 11.8 Å². The van der Waals surface area contributed by atoms with Crippen molar-refractivity contribution >= 4 is 46.6 Å². The third kappa shape index (κ3) is 4.85. The Balaban J connectivity index is 1.55. The van der Waals surface area contributed by atoms with Gasteiger partial charge in [-0.15, -0.1) is 0 Å². The van der Waals surface area contributed by atoms with Gasteiger partial charge in [0.15, 0.2) is 0 Å². The minimum absolute atomic E-state index is 0.0339. The average Bonchev–Trinajstić information content (AvgIpc) is 2.95. The SMILES string of the molecule is CC(Sc1nc(N)c(C#N)c(-c2ccc(C(C)C)cc2)c1C#N)C(=O)N1c2ccccc2Sc2ccccc21. The number of carbonyl (C=O) groups excluding carboxylic acids is 1. The van der Waals surface area contributed by atoms with Crippen LogP contribution in [0.5, 0.6) is 0 Å². The number of fused-ring (bicyclic) bond motifs is 2. The van der Waals surface area contributed by atoms with Gasteiger partial charge in [-0.1, -0.05) is 85.9 Å². The summed E-state index contributed by atoms with van der Waals surface area (Å²) >= 11 is 2.81. The van der Waals surface area contributed by atoms with Crippen molar-refractivity contribution in [2.24, 2.45) is 0 Å². The topological polar surface area (TPSA) is 107 Å². The predicted molar refractivity (Wildman–Crippen MR) is 157 cm³/mol. The second-order valence-electron chi connectivity index (χ2n) is 9.40. The standard InChI is InChI=1S/C31H25N5OS2/c1-18(2)20-12-14-21(15-13-20)28-22(16-32)29(34)35-30(23(28)17-33)38-19(3)31(37)36-24-8-4-6-10-26(24)39-27-11-7-5-9-25(27)36/h4-15,18-19H,1-3H3,(H2,34,35). The highest BCUT2D eigenvalue weighted by molar-refractivity contribution is 8.00. The quantitative estimate of drug-likeness (QED) is 0.258. The molecule has 1 unspecified atom stereocenters. The first-order chi connectivity index (χ1) is 18.8. The van der Waals surface area contributed by atoms with Gasteiger partial charge in [0.2, 0.25) is 5.91 Å². The molecule has 0 aliphatic carbocycles. The highest BCUT2D eigenvalue weighted by Gasteiger charge is 2.32. The Morgan fingerprint density at radius 3 is 2.00 bits per heavy atom. The van der Waals surface area contributed by atoms with Crippen LogP contribution >= 0.6 is 23.5 Å². The largest absolute Gasteiger partial charge is 0.383 e. The van der Waals surface area contributed by atoms with Gasteiger partial charge in [-0.3, -0.25) is 9.69 Å². The number of rotatable bonds is 5. The lowest BCUT2D eigenvalue weighted by Gasteiger charge is -2.32. The molecule has 0 radical (unpaired) electrons. The van der Waals surface area contributed by atoms with Crippen molar-refractivity contribution in [2.45, 2.75) is 46.8 Å². The number of hydrogen-bond donors (Lipinski definition) is 1. The van der Waals surface area contributed by atoms with Crippen molar-refractivity contribution in [1.29, 1.82) is 10.5 Å². The summed E-state index contributed by atoms with van der Waals surface area (Å²) < 4.78 is 0. The summed E-state index contributed by atoms with van der Waals surface area (Å²) in [5, 5.41) is 19.8. The Morgan fingerprint density at radius 2 is 1.46 bits per heavy atom. The first-order valence-electron chi connectivity index (χ1n) is 12.4. The number of nitrogen functional groups attached to an aromatic ring is 1. The van der Waals surface area contributed by atoms with Crippen LogP contribution in [0.2, 0.25) is 0 Å². The van der Waals surface area contributed by atoms with Crippen LogP contribution in [0.25, 0.3) is 11.1 Å². The van der Waals surface area contributed by atoms with Crippen molar-refractivity contribution in [3.63, 3.8) is 0 Å². The molecule has 1 atom stereocenters. The molecule has 0 saturated heterocycles. The third-order valence-corrected chi connectivity index (χ3v) is 8.77. The second kappa shape index (κ2) is 10.9. The Bertz CT molecular complexity index is 1620. The molecule has 1 amide bonds. The lowest BCUT2D eigenvalue weighted by molar-refractivity contribution is -0.117. The molecule has 0 spiro atoms. The number of amides is 1. The number of nitrogens with zero attached hydrogens (tertiary/aromatic N) is 4. The van der Waals surface area contributed by atoms with Gasteiger partial charge in [-0.2, -0.15) is 10.5 Å². The van der Waals surface area contributed by atoms with E-state index in [0.717, 1.165) is 26.7 Å². The van der Waals surface area contributed by atoms with Crippen molar-refractivity contribution in [3.05, 3.63) is 89.5 Å². The zero-order valence-electron chi connectivity index (χ0n) is 21.7. The van der Waals surface area contributed by atoms with Gasteiger partial charge >= 0.3 is 0 Å². The molecule has 6 nitrogen and oxygen atoms in total. The van der Waals surface area contributed by atoms with Gasteiger partial charge in [0, 0.05) is 15.4 Å². The van der Waals surface area contributed by atoms with Crippen LogP contribution < -0.4 is 10.6 Å². The van der Waals surface area contributed by atoms with E-state index in [4.69, 9.17) is 5.73 Å². The van der Waals surface area contributed by atoms with Crippen LogP contribution in [0.4, 0.5) is 17.2 Å². The number of aromatic nitrogens is 1. The van der Waals surface area contributed by atoms with Crippen LogP contribution in [-0.4, -0.2) is 16.1 Å². The van der Waals surface area contributed by atoms with Crippen molar-refractivity contribution in [2.75, 3.05) is 10.6 Å². The van der Waals surface area contributed by atoms with Crippen LogP contribution in [0.3, 0.4) is 0 Å². The summed E-state index contributed by atoms with van der Waals surface area (Å²) in [7, 11) is 0. The molecular weight excluding hydrogens is 523 g/mol. The first-order valence-corrected chi connectivity index (χ1v) is 14.1. The van der Waals surface area contributed by atoms with Crippen molar-refractivity contribution in [1.82, 2.24) is 4.98 Å². The molecule has 2 N–H and O–H groups in total. The van der Waals surface area contributed by atoms with Crippen molar-refractivity contribution in [3.8, 4) is 23.3 Å². The number of nitriles is 2. The number of anilines is 3. The minimum Gasteiger partial charge on any atom is -0.383 e. The fraction of sp³-hybridized carbons (Fsp3) is 0.161. The Labute approximate surface area is 236 Å². The number of carbonyl (C=O) groups is 1. The number of hydrogen-bond acceptors (Lipinski definition) is 7. The number of pyridine rings is 1. The maximum Gasteiger partial charge on any atom is 0.244 e. The van der Waals surface area contributed by atoms with Gasteiger partial charge in [0.05, 0.1) is 22.2 Å². The summed E-state index contributed by atoms with van der Waals surface area (Å²) in [5.41, 5.74) is 10.6. The molecule has 1 aliphatic rings. The monoisotopic (exact) mass is 547 g/mol. The molecule has 0 fully saturated rings. The van der Waals surface area contributed by atoms with E-state index in [-0.39, 0.29) is 22.9 Å². The molecule has 5 rings (SSSR count). The van der Waals surface area contributed by atoms with E-state index in [1.807, 2.05) is 72.8 Å². The smallest absolute Gasteiger partial charge is 0.244 e. The molecule has 8 heteroatoms. The predicted octanol–water partition coefficient (Wildman–Crippen LogP) is 7.51. The number of thioether (sulfide) groups is 1. The Hall–Kier alpha value is -4.24. The van der Waals surface area contributed by atoms with E-state index < -0.39 is 5.25 Å². The average molecular weight is 548 g/mol. The molecule has 1 aliphatic heterocycles. The summed E-state index contributed by atoms with van der Waals surface area (Å²) in [6.07, 6.45) is 0. The Morgan fingerprint density at radius 1 is 0.897 bits per heavy atom. The maximum atomic E-state index is 14.0. The van der Waals surface area contributed by atoms with Crippen LogP contribution in [-0.2, 0) is 4.79 Å². The molecule has 39 heavy (non-hydrogen) atoms. The molecule has 0 bridgehead atoms.